The fourth-order valence-corrected chi connectivity index (χ4v) is 23.4. The molecule has 0 aliphatic heterocycles. The summed E-state index contributed by atoms with van der Waals surface area (Å²) in [4.78, 5) is 0. The van der Waals surface area contributed by atoms with Gasteiger partial charge in [0.25, 0.3) is 0 Å². The van der Waals surface area contributed by atoms with Gasteiger partial charge in [0.1, 0.15) is 67.0 Å². The molecule has 0 aliphatic carbocycles. The largest absolute Gasteiger partial charge is 0.456 e. The van der Waals surface area contributed by atoms with Crippen LogP contribution >= 0.6 is 0 Å². The second kappa shape index (κ2) is 31.3. The van der Waals surface area contributed by atoms with Crippen LogP contribution in [0.25, 0.3) is 317 Å². The standard InChI is InChI=1S/C48H28O2.C46H26O2.C42H24O2/c1-2-11-31-28-46-42(25-30(31)10-1)41-27-34(21-23-45(41)50-46)48-38-17-5-3-15-36(38)47(37-16-4-6-18-39(37)48)33-13-9-12-29(24-33)32-20-22-44-40(26-32)35-14-7-8-19-43(35)49-44;1-2-11-29-26-43-40(23-28(29)10-1)39-25-31(18-21-41(39)47-43)45-35-15-7-5-13-33(35)44(34-14-6-8-16-36(34)45)30-19-22-42-38(24-30)37-20-17-27-9-3-4-12-32(27)46(37)48-42;1-2-11-26-24-39-36(22-25(26)10-1)35-23-27(20-21-38(35)43-39)40-29-13-3-5-15-31(29)41(32-16-6-4-14-30(32)40)34-18-9-17-33-28-12-7-8-19-37(28)44-42(33)34/h1-28H;1-26H;1-24H. The summed E-state index contributed by atoms with van der Waals surface area (Å²) in [6.45, 7) is 0. The third-order valence-corrected chi connectivity index (χ3v) is 29.9. The molecule has 0 amide bonds. The summed E-state index contributed by atoms with van der Waals surface area (Å²) < 4.78 is 38.3. The SMILES string of the molecule is c1cc(-c2ccc3oc4ccccc4c3c2)cc(-c2c3ccccc3c(-c3ccc4oc5cc6ccccc6cc5c4c3)c3ccccc23)c1.c1ccc2cc3c(cc2c1)oc1ccc(-c2c4ccccc4c(-c4ccc5oc6c7ccccc7ccc6c5c4)c4ccccc24)cc13.c1ccc2cc3c(cc2c1)oc1ccc(-c2c4ccccc4c(-c4cccc5c4oc4ccccc45)c4ccccc24)cc13. The zero-order valence-electron chi connectivity index (χ0n) is 76.5. The molecule has 0 spiro atoms. The van der Waals surface area contributed by atoms with Gasteiger partial charge in [-0.3, -0.25) is 0 Å². The highest BCUT2D eigenvalue weighted by Gasteiger charge is 2.27. The van der Waals surface area contributed by atoms with Crippen molar-refractivity contribution < 1.29 is 26.5 Å². The van der Waals surface area contributed by atoms with Gasteiger partial charge in [-0.25, -0.2) is 0 Å². The van der Waals surface area contributed by atoms with Gasteiger partial charge >= 0.3 is 0 Å². The Labute approximate surface area is 811 Å². The van der Waals surface area contributed by atoms with Crippen LogP contribution in [0.3, 0.4) is 0 Å². The molecule has 658 valence electrons. The second-order valence-electron chi connectivity index (χ2n) is 37.7. The molecule has 142 heavy (non-hydrogen) atoms. The predicted octanol–water partition coefficient (Wildman–Crippen LogP) is 39.7. The van der Waals surface area contributed by atoms with Crippen molar-refractivity contribution in [2.75, 3.05) is 0 Å². The Morgan fingerprint density at radius 2 is 0.331 bits per heavy atom. The molecular weight excluding hydrogens is 1730 g/mol. The van der Waals surface area contributed by atoms with Crippen LogP contribution in [0.4, 0.5) is 0 Å². The van der Waals surface area contributed by atoms with E-state index in [1.807, 2.05) is 18.2 Å². The van der Waals surface area contributed by atoms with E-state index in [0.29, 0.717) is 0 Å². The highest BCUT2D eigenvalue weighted by atomic mass is 16.3. The van der Waals surface area contributed by atoms with Crippen LogP contribution in [-0.2, 0) is 0 Å². The van der Waals surface area contributed by atoms with Crippen molar-refractivity contribution in [2.24, 2.45) is 0 Å². The quantitative estimate of drug-likeness (QED) is 0.148. The number of fused-ring (bicyclic) bond motifs is 29. The Hall–Kier alpha value is -18.9. The number of hydrogen-bond donors (Lipinski definition) is 0. The maximum atomic E-state index is 6.55. The minimum atomic E-state index is 0.904. The van der Waals surface area contributed by atoms with Crippen molar-refractivity contribution in [3.63, 3.8) is 0 Å². The first kappa shape index (κ1) is 79.3. The lowest BCUT2D eigenvalue weighted by molar-refractivity contribution is 0.668. The van der Waals surface area contributed by atoms with Gasteiger partial charge in [-0.1, -0.05) is 352 Å². The monoisotopic (exact) mass is 1810 g/mol. The van der Waals surface area contributed by atoms with Gasteiger partial charge in [-0.15, -0.1) is 0 Å². The fraction of sp³-hybridized carbons (Fsp3) is 0. The first-order valence-electron chi connectivity index (χ1n) is 48.5. The molecule has 0 aliphatic rings. The summed E-state index contributed by atoms with van der Waals surface area (Å²) in [7, 11) is 0. The van der Waals surface area contributed by atoms with Crippen LogP contribution in [0.15, 0.2) is 500 Å². The van der Waals surface area contributed by atoms with Crippen molar-refractivity contribution >= 4 is 239 Å². The molecule has 0 saturated carbocycles. The van der Waals surface area contributed by atoms with Gasteiger partial charge < -0.3 is 26.5 Å². The summed E-state index contributed by atoms with van der Waals surface area (Å²) in [5.41, 5.74) is 27.8. The molecule has 0 bridgehead atoms. The smallest absolute Gasteiger partial charge is 0.143 e. The van der Waals surface area contributed by atoms with Crippen LogP contribution in [0, 0.1) is 0 Å². The molecule has 0 fully saturated rings. The highest BCUT2D eigenvalue weighted by Crippen LogP contribution is 2.53. The Bertz CT molecular complexity index is 10800. The number of furan rings is 6. The topological polar surface area (TPSA) is 78.8 Å². The molecule has 0 saturated heterocycles. The van der Waals surface area contributed by atoms with Crippen LogP contribution in [0.1, 0.15) is 0 Å². The Balaban J connectivity index is 0.0000000998. The molecule has 26 aromatic carbocycles. The molecule has 6 aromatic heterocycles. The Kier molecular flexibility index (Phi) is 17.5. The molecule has 0 atom stereocenters. The lowest BCUT2D eigenvalue weighted by Crippen LogP contribution is -1.91. The highest BCUT2D eigenvalue weighted by molar-refractivity contribution is 6.29. The summed E-state index contributed by atoms with van der Waals surface area (Å²) in [5.74, 6) is 0. The van der Waals surface area contributed by atoms with Crippen molar-refractivity contribution in [3.8, 4) is 77.9 Å². The summed E-state index contributed by atoms with van der Waals surface area (Å²) >= 11 is 0. The molecule has 6 heteroatoms. The summed E-state index contributed by atoms with van der Waals surface area (Å²) in [5, 5.41) is 37.9. The van der Waals surface area contributed by atoms with E-state index >= 15 is 0 Å². The Morgan fingerprint density at radius 3 is 0.732 bits per heavy atom. The van der Waals surface area contributed by atoms with Crippen LogP contribution < -0.4 is 0 Å². The maximum Gasteiger partial charge on any atom is 0.143 e. The second-order valence-corrected chi connectivity index (χ2v) is 37.7. The maximum absolute atomic E-state index is 6.55. The lowest BCUT2D eigenvalue weighted by Gasteiger charge is -2.18. The van der Waals surface area contributed by atoms with E-state index in [1.54, 1.807) is 0 Å². The van der Waals surface area contributed by atoms with E-state index in [1.165, 1.54) is 175 Å². The van der Waals surface area contributed by atoms with Crippen molar-refractivity contribution in [1.82, 2.24) is 0 Å². The van der Waals surface area contributed by atoms with Crippen molar-refractivity contribution in [3.05, 3.63) is 473 Å². The molecule has 0 radical (unpaired) electrons. The third-order valence-electron chi connectivity index (χ3n) is 29.9. The normalized spacial score (nSPS) is 12.1. The zero-order valence-corrected chi connectivity index (χ0v) is 76.5. The number of para-hydroxylation sites is 3. The molecule has 0 N–H and O–H groups in total. The van der Waals surface area contributed by atoms with Gasteiger partial charge in [0.15, 0.2) is 0 Å². The number of benzene rings is 26. The number of rotatable bonds is 7. The van der Waals surface area contributed by atoms with E-state index < -0.39 is 0 Å². The van der Waals surface area contributed by atoms with Gasteiger partial charge in [-0.2, -0.15) is 0 Å². The molecule has 32 rings (SSSR count). The van der Waals surface area contributed by atoms with E-state index in [9.17, 15) is 0 Å². The Morgan fingerprint density at radius 1 is 0.0986 bits per heavy atom. The van der Waals surface area contributed by atoms with Gasteiger partial charge in [0, 0.05) is 81.1 Å². The van der Waals surface area contributed by atoms with Crippen molar-refractivity contribution in [2.45, 2.75) is 0 Å². The van der Waals surface area contributed by atoms with E-state index in [-0.39, 0.29) is 0 Å². The van der Waals surface area contributed by atoms with Crippen LogP contribution in [0.5, 0.6) is 0 Å². The first-order chi connectivity index (χ1) is 70.4. The summed E-state index contributed by atoms with van der Waals surface area (Å²) in [6, 6.07) is 170. The molecule has 32 aromatic rings. The van der Waals surface area contributed by atoms with E-state index in [2.05, 4.69) is 455 Å². The zero-order chi connectivity index (χ0) is 92.9. The van der Waals surface area contributed by atoms with Crippen molar-refractivity contribution in [1.29, 1.82) is 0 Å². The average molecular weight is 1810 g/mol. The van der Waals surface area contributed by atoms with Gasteiger partial charge in [0.05, 0.1) is 0 Å². The average Bonchev–Trinajstić information content (AvgIpc) is 1.08. The third kappa shape index (κ3) is 12.4. The summed E-state index contributed by atoms with van der Waals surface area (Å²) in [6.07, 6.45) is 0. The lowest BCUT2D eigenvalue weighted by atomic mass is 9.85. The minimum Gasteiger partial charge on any atom is -0.456 e. The first-order valence-corrected chi connectivity index (χ1v) is 48.5. The molecule has 0 unspecified atom stereocenters. The van der Waals surface area contributed by atoms with E-state index in [0.717, 1.165) is 143 Å². The van der Waals surface area contributed by atoms with Crippen LogP contribution in [0.2, 0.25) is 0 Å². The molecule has 6 nitrogen and oxygen atoms in total. The minimum absolute atomic E-state index is 0.904. The van der Waals surface area contributed by atoms with Gasteiger partial charge in [-0.05, 0) is 290 Å². The number of hydrogen-bond acceptors (Lipinski definition) is 6. The van der Waals surface area contributed by atoms with Gasteiger partial charge in [0.2, 0.25) is 0 Å². The predicted molar refractivity (Wildman–Crippen MR) is 596 cm³/mol. The van der Waals surface area contributed by atoms with Crippen LogP contribution in [-0.4, -0.2) is 0 Å². The van der Waals surface area contributed by atoms with E-state index in [4.69, 9.17) is 26.5 Å². The fourth-order valence-electron chi connectivity index (χ4n) is 23.4. The molecular formula is C136H78O6. The molecule has 6 heterocycles.